The van der Waals surface area contributed by atoms with Crippen molar-refractivity contribution in [1.29, 1.82) is 0 Å². The molecule has 1 nitrogen and oxygen atoms in total. The molecule has 0 amide bonds. The van der Waals surface area contributed by atoms with Crippen molar-refractivity contribution in [2.45, 2.75) is 83.8 Å². The van der Waals surface area contributed by atoms with E-state index in [9.17, 15) is 0 Å². The Morgan fingerprint density at radius 1 is 1.07 bits per heavy atom. The highest BCUT2D eigenvalue weighted by molar-refractivity contribution is 4.92. The monoisotopic (exact) mass is 210 g/mol. The summed E-state index contributed by atoms with van der Waals surface area (Å²) >= 11 is 0. The second-order valence-corrected chi connectivity index (χ2v) is 6.79. The van der Waals surface area contributed by atoms with E-state index < -0.39 is 0 Å². The first kappa shape index (κ1) is 11.4. The molecule has 1 saturated heterocycles. The van der Waals surface area contributed by atoms with E-state index in [1.165, 1.54) is 51.4 Å². The number of hydrogen-bond acceptors (Lipinski definition) is 1. The van der Waals surface area contributed by atoms with Gasteiger partial charge in [-0.1, -0.05) is 40.0 Å². The van der Waals surface area contributed by atoms with Gasteiger partial charge in [0.25, 0.3) is 0 Å². The van der Waals surface area contributed by atoms with Gasteiger partial charge >= 0.3 is 0 Å². The Balaban J connectivity index is 1.88. The van der Waals surface area contributed by atoms with E-state index in [2.05, 4.69) is 20.8 Å². The van der Waals surface area contributed by atoms with Gasteiger partial charge in [-0.2, -0.15) is 0 Å². The summed E-state index contributed by atoms with van der Waals surface area (Å²) in [4.78, 5) is 0. The van der Waals surface area contributed by atoms with E-state index in [0.717, 1.165) is 0 Å². The topological polar surface area (TPSA) is 9.23 Å². The van der Waals surface area contributed by atoms with Crippen LogP contribution in [0.15, 0.2) is 0 Å². The quantitative estimate of drug-likeness (QED) is 0.627. The molecular formula is C14H26O. The van der Waals surface area contributed by atoms with E-state index in [0.29, 0.717) is 17.1 Å². The second kappa shape index (κ2) is 4.08. The van der Waals surface area contributed by atoms with Crippen LogP contribution in [0.5, 0.6) is 0 Å². The van der Waals surface area contributed by atoms with Crippen molar-refractivity contribution in [3.05, 3.63) is 0 Å². The van der Waals surface area contributed by atoms with Gasteiger partial charge in [0.2, 0.25) is 0 Å². The van der Waals surface area contributed by atoms with Crippen molar-refractivity contribution in [3.63, 3.8) is 0 Å². The first-order valence-corrected chi connectivity index (χ1v) is 6.67. The Morgan fingerprint density at radius 2 is 1.73 bits per heavy atom. The maximum absolute atomic E-state index is 6.37. The van der Waals surface area contributed by atoms with Crippen molar-refractivity contribution in [2.75, 3.05) is 0 Å². The average molecular weight is 210 g/mol. The fourth-order valence-electron chi connectivity index (χ4n) is 3.29. The summed E-state index contributed by atoms with van der Waals surface area (Å²) in [5.41, 5.74) is 0.735. The van der Waals surface area contributed by atoms with Gasteiger partial charge < -0.3 is 4.74 Å². The van der Waals surface area contributed by atoms with Crippen LogP contribution < -0.4 is 0 Å². The van der Waals surface area contributed by atoms with Crippen LogP contribution in [-0.4, -0.2) is 11.7 Å². The van der Waals surface area contributed by atoms with Crippen molar-refractivity contribution in [3.8, 4) is 0 Å². The lowest BCUT2D eigenvalue weighted by atomic mass is 9.82. The van der Waals surface area contributed by atoms with Crippen LogP contribution in [0.25, 0.3) is 0 Å². The highest BCUT2D eigenvalue weighted by atomic mass is 16.5. The summed E-state index contributed by atoms with van der Waals surface area (Å²) < 4.78 is 6.37. The smallest absolute Gasteiger partial charge is 0.0687 e. The summed E-state index contributed by atoms with van der Waals surface area (Å²) in [6, 6.07) is 0. The Hall–Kier alpha value is -0.0400. The van der Waals surface area contributed by atoms with Crippen LogP contribution in [0, 0.1) is 5.41 Å². The van der Waals surface area contributed by atoms with Crippen LogP contribution >= 0.6 is 0 Å². The molecule has 0 radical (unpaired) electrons. The molecule has 1 atom stereocenters. The first-order chi connectivity index (χ1) is 6.99. The first-order valence-electron chi connectivity index (χ1n) is 6.67. The third-order valence-electron chi connectivity index (χ3n) is 3.94. The lowest BCUT2D eigenvalue weighted by molar-refractivity contribution is -0.0735. The lowest BCUT2D eigenvalue weighted by Crippen LogP contribution is -2.32. The molecule has 2 rings (SSSR count). The van der Waals surface area contributed by atoms with Gasteiger partial charge in [0.05, 0.1) is 11.7 Å². The molecule has 15 heavy (non-hydrogen) atoms. The van der Waals surface area contributed by atoms with Gasteiger partial charge in [-0.25, -0.2) is 0 Å². The van der Waals surface area contributed by atoms with Crippen molar-refractivity contribution in [1.82, 2.24) is 0 Å². The molecule has 0 aromatic heterocycles. The third-order valence-corrected chi connectivity index (χ3v) is 3.94. The van der Waals surface area contributed by atoms with E-state index in [4.69, 9.17) is 4.74 Å². The number of rotatable bonds is 1. The zero-order valence-corrected chi connectivity index (χ0v) is 10.6. The minimum atomic E-state index is 0.314. The largest absolute Gasteiger partial charge is 0.372 e. The third kappa shape index (κ3) is 2.96. The van der Waals surface area contributed by atoms with Crippen molar-refractivity contribution < 1.29 is 4.74 Å². The zero-order valence-electron chi connectivity index (χ0n) is 10.6. The highest BCUT2D eigenvalue weighted by Crippen LogP contribution is 2.44. The molecule has 1 aliphatic heterocycles. The Labute approximate surface area is 94.6 Å². The van der Waals surface area contributed by atoms with Gasteiger partial charge in [0.15, 0.2) is 0 Å². The maximum atomic E-state index is 6.37. The van der Waals surface area contributed by atoms with Gasteiger partial charge in [-0.3, -0.25) is 0 Å². The summed E-state index contributed by atoms with van der Waals surface area (Å²) in [6.07, 6.45) is 11.3. The van der Waals surface area contributed by atoms with Crippen LogP contribution in [0.2, 0.25) is 0 Å². The molecule has 0 bridgehead atoms. The molecule has 2 fully saturated rings. The highest BCUT2D eigenvalue weighted by Gasteiger charge is 2.41. The van der Waals surface area contributed by atoms with Crippen LogP contribution in [0.3, 0.4) is 0 Å². The molecule has 0 N–H and O–H groups in total. The fraction of sp³-hybridized carbons (Fsp3) is 1.00. The normalized spacial score (nSPS) is 31.0. The molecule has 1 aliphatic carbocycles. The van der Waals surface area contributed by atoms with Crippen molar-refractivity contribution in [2.24, 2.45) is 5.41 Å². The maximum Gasteiger partial charge on any atom is 0.0687 e. The zero-order chi connectivity index (χ0) is 10.9. The standard InChI is InChI=1S/C14H26O/c1-13(2,3)11-12-7-10-14(15-12)8-5-4-6-9-14/h12H,4-11H2,1-3H3. The second-order valence-electron chi connectivity index (χ2n) is 6.79. The summed E-state index contributed by atoms with van der Waals surface area (Å²) in [5, 5.41) is 0. The van der Waals surface area contributed by atoms with E-state index in [-0.39, 0.29) is 0 Å². The van der Waals surface area contributed by atoms with Gasteiger partial charge in [-0.15, -0.1) is 0 Å². The summed E-state index contributed by atoms with van der Waals surface area (Å²) in [7, 11) is 0. The molecule has 2 aliphatic rings. The minimum absolute atomic E-state index is 0.314. The van der Waals surface area contributed by atoms with Gasteiger partial charge in [0, 0.05) is 0 Å². The van der Waals surface area contributed by atoms with Crippen molar-refractivity contribution >= 4 is 0 Å². The Kier molecular flexibility index (Phi) is 3.12. The molecule has 88 valence electrons. The van der Waals surface area contributed by atoms with Crippen LogP contribution in [0.4, 0.5) is 0 Å². The molecule has 1 spiro atoms. The lowest BCUT2D eigenvalue weighted by Gasteiger charge is -2.34. The van der Waals surface area contributed by atoms with Gasteiger partial charge in [0.1, 0.15) is 0 Å². The fourth-order valence-corrected chi connectivity index (χ4v) is 3.29. The SMILES string of the molecule is CC(C)(C)CC1CCC2(CCCCC2)O1. The molecule has 1 saturated carbocycles. The summed E-state index contributed by atoms with van der Waals surface area (Å²) in [6.45, 7) is 6.96. The predicted molar refractivity (Wildman–Crippen MR) is 64.0 cm³/mol. The summed E-state index contributed by atoms with van der Waals surface area (Å²) in [5.74, 6) is 0. The number of ether oxygens (including phenoxy) is 1. The Morgan fingerprint density at radius 3 is 2.33 bits per heavy atom. The molecule has 0 aromatic rings. The molecular weight excluding hydrogens is 184 g/mol. The van der Waals surface area contributed by atoms with Crippen LogP contribution in [0.1, 0.15) is 72.1 Å². The minimum Gasteiger partial charge on any atom is -0.372 e. The number of hydrogen-bond donors (Lipinski definition) is 0. The Bertz CT molecular complexity index is 208. The van der Waals surface area contributed by atoms with Gasteiger partial charge in [-0.05, 0) is 37.5 Å². The molecule has 0 aromatic carbocycles. The average Bonchev–Trinajstić information content (AvgIpc) is 2.47. The molecule has 1 heteroatoms. The van der Waals surface area contributed by atoms with E-state index in [1.807, 2.05) is 0 Å². The predicted octanol–water partition coefficient (Wildman–Crippen LogP) is 4.30. The molecule has 1 heterocycles. The molecule has 1 unspecified atom stereocenters. The van der Waals surface area contributed by atoms with E-state index in [1.54, 1.807) is 0 Å². The van der Waals surface area contributed by atoms with Crippen LogP contribution in [-0.2, 0) is 4.74 Å². The van der Waals surface area contributed by atoms with E-state index >= 15 is 0 Å².